The number of rotatable bonds is 5. The van der Waals surface area contributed by atoms with E-state index in [4.69, 9.17) is 5.73 Å². The zero-order valence-corrected chi connectivity index (χ0v) is 18.2. The van der Waals surface area contributed by atoms with Crippen molar-refractivity contribution in [1.29, 1.82) is 0 Å². The molecule has 8 heteroatoms. The summed E-state index contributed by atoms with van der Waals surface area (Å²) >= 11 is 0. The van der Waals surface area contributed by atoms with Crippen LogP contribution in [0.3, 0.4) is 0 Å². The Bertz CT molecular complexity index is 612. The molecule has 6 nitrogen and oxygen atoms in total. The lowest BCUT2D eigenvalue weighted by molar-refractivity contribution is -0.137. The van der Waals surface area contributed by atoms with E-state index in [1.54, 1.807) is 0 Å². The predicted octanol–water partition coefficient (Wildman–Crippen LogP) is 2.21. The number of halogens is 2. The molecular weight excluding hydrogens is 387 g/mol. The first kappa shape index (κ1) is 25.7. The summed E-state index contributed by atoms with van der Waals surface area (Å²) < 4.78 is 0. The van der Waals surface area contributed by atoms with Gasteiger partial charge in [-0.15, -0.1) is 24.8 Å². The highest BCUT2D eigenvalue weighted by Crippen LogP contribution is 2.19. The standard InChI is InChI=1S/C19H30N4O2.2ClH/c1-13-6-5-7-14(2)18(13)21-17(24)12-22-8-10-23(11-9-22)19(25)15(3)16(4)20;;/h5-7,15-16H,8-12,20H2,1-4H3,(H,21,24);2*1H. The van der Waals surface area contributed by atoms with Gasteiger partial charge >= 0.3 is 0 Å². The number of piperazine rings is 1. The van der Waals surface area contributed by atoms with Gasteiger partial charge in [-0.3, -0.25) is 14.5 Å². The van der Waals surface area contributed by atoms with Crippen molar-refractivity contribution in [2.75, 3.05) is 38.0 Å². The molecule has 2 rings (SSSR count). The molecule has 1 aliphatic rings. The van der Waals surface area contributed by atoms with E-state index < -0.39 is 0 Å². The number of anilines is 1. The van der Waals surface area contributed by atoms with E-state index in [2.05, 4.69) is 10.2 Å². The summed E-state index contributed by atoms with van der Waals surface area (Å²) in [4.78, 5) is 28.6. The Morgan fingerprint density at radius 3 is 2.07 bits per heavy atom. The largest absolute Gasteiger partial charge is 0.340 e. The fourth-order valence-corrected chi connectivity index (χ4v) is 3.03. The van der Waals surface area contributed by atoms with Gasteiger partial charge in [0.2, 0.25) is 11.8 Å². The van der Waals surface area contributed by atoms with Gasteiger partial charge in [0, 0.05) is 37.9 Å². The van der Waals surface area contributed by atoms with E-state index in [-0.39, 0.29) is 48.6 Å². The molecule has 1 aromatic carbocycles. The monoisotopic (exact) mass is 418 g/mol. The van der Waals surface area contributed by atoms with Crippen molar-refractivity contribution < 1.29 is 9.59 Å². The Hall–Kier alpha value is -1.34. The SMILES string of the molecule is Cc1cccc(C)c1NC(=O)CN1CCN(C(=O)C(C)C(C)N)CC1.Cl.Cl. The van der Waals surface area contributed by atoms with Crippen LogP contribution in [0.5, 0.6) is 0 Å². The molecular formula is C19H32Cl2N4O2. The van der Waals surface area contributed by atoms with Gasteiger partial charge in [-0.05, 0) is 31.9 Å². The van der Waals surface area contributed by atoms with Gasteiger partial charge < -0.3 is 16.0 Å². The highest BCUT2D eigenvalue weighted by molar-refractivity contribution is 5.93. The van der Waals surface area contributed by atoms with E-state index in [1.165, 1.54) is 0 Å². The fourth-order valence-electron chi connectivity index (χ4n) is 3.03. The summed E-state index contributed by atoms with van der Waals surface area (Å²) in [6.07, 6.45) is 0. The minimum atomic E-state index is -0.168. The van der Waals surface area contributed by atoms with Gasteiger partial charge in [0.05, 0.1) is 12.5 Å². The summed E-state index contributed by atoms with van der Waals surface area (Å²) in [5.74, 6) is -0.0744. The molecule has 1 saturated heterocycles. The summed E-state index contributed by atoms with van der Waals surface area (Å²) in [5.41, 5.74) is 8.85. The Morgan fingerprint density at radius 1 is 1.07 bits per heavy atom. The maximum absolute atomic E-state index is 12.3. The smallest absolute Gasteiger partial charge is 0.238 e. The van der Waals surface area contributed by atoms with Gasteiger partial charge in [0.25, 0.3) is 0 Å². The molecule has 0 bridgehead atoms. The number of carbonyl (C=O) groups excluding carboxylic acids is 2. The number of hydrogen-bond donors (Lipinski definition) is 2. The number of carbonyl (C=O) groups is 2. The average molecular weight is 419 g/mol. The van der Waals surface area contributed by atoms with Crippen LogP contribution in [-0.4, -0.2) is 60.4 Å². The third-order valence-electron chi connectivity index (χ3n) is 4.97. The van der Waals surface area contributed by atoms with Gasteiger partial charge in [-0.2, -0.15) is 0 Å². The van der Waals surface area contributed by atoms with Crippen LogP contribution >= 0.6 is 24.8 Å². The highest BCUT2D eigenvalue weighted by atomic mass is 35.5. The van der Waals surface area contributed by atoms with Gasteiger partial charge in [0.1, 0.15) is 0 Å². The van der Waals surface area contributed by atoms with Gasteiger partial charge in [-0.1, -0.05) is 25.1 Å². The molecule has 0 aromatic heterocycles. The van der Waals surface area contributed by atoms with Crippen molar-refractivity contribution in [3.63, 3.8) is 0 Å². The summed E-state index contributed by atoms with van der Waals surface area (Å²) in [6.45, 7) is 10.8. The van der Waals surface area contributed by atoms with Crippen LogP contribution in [0.25, 0.3) is 0 Å². The lowest BCUT2D eigenvalue weighted by atomic mass is 10.0. The molecule has 2 unspecified atom stereocenters. The molecule has 2 atom stereocenters. The first-order valence-corrected chi connectivity index (χ1v) is 8.92. The quantitative estimate of drug-likeness (QED) is 0.767. The Labute approximate surface area is 174 Å². The molecule has 154 valence electrons. The fraction of sp³-hybridized carbons (Fsp3) is 0.579. The number of nitrogens with one attached hydrogen (secondary N) is 1. The van der Waals surface area contributed by atoms with E-state index in [9.17, 15) is 9.59 Å². The summed E-state index contributed by atoms with van der Waals surface area (Å²) in [5, 5.41) is 3.02. The zero-order chi connectivity index (χ0) is 18.6. The van der Waals surface area contributed by atoms with Crippen molar-refractivity contribution in [3.8, 4) is 0 Å². The minimum Gasteiger partial charge on any atom is -0.340 e. The number of aryl methyl sites for hydroxylation is 2. The van der Waals surface area contributed by atoms with Gasteiger partial charge in [-0.25, -0.2) is 0 Å². The van der Waals surface area contributed by atoms with Crippen LogP contribution in [0, 0.1) is 19.8 Å². The Balaban J connectivity index is 0.00000338. The Kier molecular flexibility index (Phi) is 10.9. The molecule has 27 heavy (non-hydrogen) atoms. The first-order valence-electron chi connectivity index (χ1n) is 8.92. The molecule has 1 aliphatic heterocycles. The second-order valence-corrected chi connectivity index (χ2v) is 7.06. The molecule has 0 aliphatic carbocycles. The normalized spacial score (nSPS) is 16.6. The maximum Gasteiger partial charge on any atom is 0.238 e. The molecule has 0 radical (unpaired) electrons. The minimum absolute atomic E-state index is 0. The Morgan fingerprint density at radius 2 is 1.59 bits per heavy atom. The van der Waals surface area contributed by atoms with Crippen LogP contribution < -0.4 is 11.1 Å². The molecule has 1 aromatic rings. The van der Waals surface area contributed by atoms with Gasteiger partial charge in [0.15, 0.2) is 0 Å². The number of para-hydroxylation sites is 1. The molecule has 0 spiro atoms. The third kappa shape index (κ3) is 6.96. The second kappa shape index (κ2) is 11.5. The highest BCUT2D eigenvalue weighted by Gasteiger charge is 2.27. The summed E-state index contributed by atoms with van der Waals surface area (Å²) in [6, 6.07) is 5.83. The number of hydrogen-bond acceptors (Lipinski definition) is 4. The molecule has 3 N–H and O–H groups in total. The number of benzene rings is 1. The topological polar surface area (TPSA) is 78.7 Å². The van der Waals surface area contributed by atoms with Crippen LogP contribution in [0.4, 0.5) is 5.69 Å². The van der Waals surface area contributed by atoms with Crippen LogP contribution in [0.2, 0.25) is 0 Å². The van der Waals surface area contributed by atoms with Crippen molar-refractivity contribution in [3.05, 3.63) is 29.3 Å². The zero-order valence-electron chi connectivity index (χ0n) is 16.5. The van der Waals surface area contributed by atoms with Crippen LogP contribution in [-0.2, 0) is 9.59 Å². The average Bonchev–Trinajstić information content (AvgIpc) is 2.57. The lowest BCUT2D eigenvalue weighted by Gasteiger charge is -2.36. The lowest BCUT2D eigenvalue weighted by Crippen LogP contribution is -2.53. The number of nitrogens with two attached hydrogens (primary N) is 1. The second-order valence-electron chi connectivity index (χ2n) is 7.06. The van der Waals surface area contributed by atoms with E-state index in [0.717, 1.165) is 16.8 Å². The van der Waals surface area contributed by atoms with E-state index >= 15 is 0 Å². The predicted molar refractivity (Wildman–Crippen MR) is 115 cm³/mol. The third-order valence-corrected chi connectivity index (χ3v) is 4.97. The molecule has 0 saturated carbocycles. The number of nitrogens with zero attached hydrogens (tertiary/aromatic N) is 2. The maximum atomic E-state index is 12.3. The molecule has 1 fully saturated rings. The molecule has 2 amide bonds. The van der Waals surface area contributed by atoms with Crippen LogP contribution in [0.1, 0.15) is 25.0 Å². The van der Waals surface area contributed by atoms with E-state index in [1.807, 2.05) is 50.8 Å². The van der Waals surface area contributed by atoms with Crippen molar-refractivity contribution in [1.82, 2.24) is 9.80 Å². The number of amides is 2. The van der Waals surface area contributed by atoms with Crippen LogP contribution in [0.15, 0.2) is 18.2 Å². The molecule has 1 heterocycles. The van der Waals surface area contributed by atoms with Crippen molar-refractivity contribution in [2.24, 2.45) is 11.7 Å². The first-order chi connectivity index (χ1) is 11.8. The van der Waals surface area contributed by atoms with Crippen molar-refractivity contribution >= 4 is 42.3 Å². The van der Waals surface area contributed by atoms with E-state index in [0.29, 0.717) is 32.7 Å². The summed E-state index contributed by atoms with van der Waals surface area (Å²) in [7, 11) is 0. The van der Waals surface area contributed by atoms with Crippen molar-refractivity contribution in [2.45, 2.75) is 33.7 Å².